The Morgan fingerprint density at radius 2 is 1.75 bits per heavy atom. The van der Waals surface area contributed by atoms with Crippen molar-refractivity contribution in [2.24, 2.45) is 0 Å². The lowest BCUT2D eigenvalue weighted by Crippen LogP contribution is -2.28. The molecule has 36 heavy (non-hydrogen) atoms. The zero-order chi connectivity index (χ0) is 26.5. The number of nitrogens with zero attached hydrogens (tertiary/aromatic N) is 2. The molecule has 3 aromatic rings. The number of benzene rings is 2. The van der Waals surface area contributed by atoms with Crippen LogP contribution in [0.4, 0.5) is 23.2 Å². The fraction of sp³-hybridized carbons (Fsp3) is 0.292. The summed E-state index contributed by atoms with van der Waals surface area (Å²) in [6.07, 6.45) is -2.21. The van der Waals surface area contributed by atoms with Gasteiger partial charge in [-0.05, 0) is 50.2 Å². The second kappa shape index (κ2) is 11.2. The molecule has 0 aliphatic rings. The first-order chi connectivity index (χ1) is 16.9. The maximum absolute atomic E-state index is 13.5. The van der Waals surface area contributed by atoms with Crippen molar-refractivity contribution in [3.05, 3.63) is 70.5 Å². The molecule has 0 spiro atoms. The zero-order valence-electron chi connectivity index (χ0n) is 19.3. The smallest absolute Gasteiger partial charge is 0.333 e. The molecule has 0 atom stereocenters. The van der Waals surface area contributed by atoms with E-state index in [0.717, 1.165) is 0 Å². The Balaban J connectivity index is 1.92. The lowest BCUT2D eigenvalue weighted by molar-refractivity contribution is 0.0285. The molecule has 0 saturated heterocycles. The predicted octanol–water partition coefficient (Wildman–Crippen LogP) is 4.35. The van der Waals surface area contributed by atoms with Gasteiger partial charge >= 0.3 is 6.55 Å². The van der Waals surface area contributed by atoms with Gasteiger partial charge in [0.15, 0.2) is 0 Å². The van der Waals surface area contributed by atoms with Crippen molar-refractivity contribution in [3.8, 4) is 22.8 Å². The van der Waals surface area contributed by atoms with Gasteiger partial charge in [0.1, 0.15) is 36.0 Å². The van der Waals surface area contributed by atoms with E-state index < -0.39 is 47.8 Å². The first-order valence-corrected chi connectivity index (χ1v) is 10.6. The Morgan fingerprint density at radius 1 is 1.08 bits per heavy atom. The van der Waals surface area contributed by atoms with Crippen LogP contribution in [0.1, 0.15) is 30.8 Å². The van der Waals surface area contributed by atoms with Crippen molar-refractivity contribution < 1.29 is 36.9 Å². The number of para-hydroxylation sites is 1. The monoisotopic (exact) mass is 509 g/mol. The van der Waals surface area contributed by atoms with Gasteiger partial charge in [0, 0.05) is 17.4 Å². The number of aliphatic hydroxyl groups is 1. The Hall–Kier alpha value is -3.93. The maximum atomic E-state index is 13.5. The highest BCUT2D eigenvalue weighted by Gasteiger charge is 2.22. The van der Waals surface area contributed by atoms with Crippen LogP contribution in [-0.2, 0) is 0 Å². The molecule has 2 aromatic carbocycles. The SMILES string of the molecule is CC(C)(O)COc1ccc(NC(=O)c2cn(C(F)F)nc(-c3ccccc3OCC(F)F)c2=O)cc1. The standard InChI is InChI=1S/C24H23F4N3O5/c1-24(2,34)13-36-15-9-7-14(8-10-15)29-22(33)17-11-31(23(27)28)30-20(21(17)32)16-5-3-4-6-18(16)35-12-19(25)26/h3-11,19,23,34H,12-13H2,1-2H3,(H,29,33). The fourth-order valence-corrected chi connectivity index (χ4v) is 2.98. The van der Waals surface area contributed by atoms with Crippen LogP contribution in [0, 0.1) is 0 Å². The highest BCUT2D eigenvalue weighted by molar-refractivity contribution is 6.04. The van der Waals surface area contributed by atoms with Gasteiger partial charge in [0.25, 0.3) is 12.3 Å². The van der Waals surface area contributed by atoms with E-state index in [0.29, 0.717) is 11.9 Å². The summed E-state index contributed by atoms with van der Waals surface area (Å²) in [4.78, 5) is 25.9. The third kappa shape index (κ3) is 7.04. The number of carbonyl (C=O) groups is 1. The van der Waals surface area contributed by atoms with Crippen molar-refractivity contribution in [2.45, 2.75) is 32.4 Å². The second-order valence-electron chi connectivity index (χ2n) is 8.26. The van der Waals surface area contributed by atoms with Crippen molar-refractivity contribution in [1.82, 2.24) is 9.78 Å². The largest absolute Gasteiger partial charge is 0.491 e. The molecule has 0 unspecified atom stereocenters. The number of alkyl halides is 4. The quantitative estimate of drug-likeness (QED) is 0.394. The summed E-state index contributed by atoms with van der Waals surface area (Å²) in [6, 6.07) is 11.4. The van der Waals surface area contributed by atoms with Gasteiger partial charge < -0.3 is 19.9 Å². The number of ether oxygens (including phenoxy) is 2. The predicted molar refractivity (Wildman–Crippen MR) is 123 cm³/mol. The first-order valence-electron chi connectivity index (χ1n) is 10.6. The van der Waals surface area contributed by atoms with Gasteiger partial charge in [0.2, 0.25) is 5.43 Å². The molecule has 0 saturated carbocycles. The van der Waals surface area contributed by atoms with Crippen molar-refractivity contribution in [2.75, 3.05) is 18.5 Å². The Morgan fingerprint density at radius 3 is 2.36 bits per heavy atom. The topological polar surface area (TPSA) is 103 Å². The molecule has 192 valence electrons. The van der Waals surface area contributed by atoms with E-state index in [-0.39, 0.29) is 28.3 Å². The molecule has 1 amide bonds. The number of nitrogens with one attached hydrogen (secondary N) is 1. The average Bonchev–Trinajstić information content (AvgIpc) is 2.82. The molecule has 1 aromatic heterocycles. The van der Waals surface area contributed by atoms with Crippen molar-refractivity contribution in [1.29, 1.82) is 0 Å². The summed E-state index contributed by atoms with van der Waals surface area (Å²) < 4.78 is 62.8. The molecular formula is C24H23F4N3O5. The lowest BCUT2D eigenvalue weighted by Gasteiger charge is -2.18. The van der Waals surface area contributed by atoms with Crippen LogP contribution in [-0.4, -0.2) is 46.0 Å². The van der Waals surface area contributed by atoms with E-state index in [9.17, 15) is 32.3 Å². The number of anilines is 1. The van der Waals surface area contributed by atoms with Crippen LogP contribution >= 0.6 is 0 Å². The molecule has 0 fully saturated rings. The molecule has 0 aliphatic carbocycles. The van der Waals surface area contributed by atoms with E-state index in [1.54, 1.807) is 13.8 Å². The highest BCUT2D eigenvalue weighted by Crippen LogP contribution is 2.28. The van der Waals surface area contributed by atoms with Crippen LogP contribution in [0.25, 0.3) is 11.3 Å². The lowest BCUT2D eigenvalue weighted by atomic mass is 10.1. The summed E-state index contributed by atoms with van der Waals surface area (Å²) >= 11 is 0. The van der Waals surface area contributed by atoms with Gasteiger partial charge in [-0.1, -0.05) is 12.1 Å². The minimum atomic E-state index is -3.20. The normalized spacial score (nSPS) is 11.6. The zero-order valence-corrected chi connectivity index (χ0v) is 19.3. The summed E-state index contributed by atoms with van der Waals surface area (Å²) in [6.45, 7) is -1.03. The number of carbonyl (C=O) groups excluding carboxylic acids is 1. The third-order valence-corrected chi connectivity index (χ3v) is 4.59. The first kappa shape index (κ1) is 26.7. The summed E-state index contributed by atoms with van der Waals surface area (Å²) in [5.41, 5.74) is -3.16. The van der Waals surface area contributed by atoms with Crippen LogP contribution in [0.5, 0.6) is 11.5 Å². The third-order valence-electron chi connectivity index (χ3n) is 4.59. The molecule has 0 aliphatic heterocycles. The van der Waals surface area contributed by atoms with Gasteiger partial charge in [-0.25, -0.2) is 13.5 Å². The molecular weight excluding hydrogens is 486 g/mol. The summed E-state index contributed by atoms with van der Waals surface area (Å²) in [7, 11) is 0. The van der Waals surface area contributed by atoms with E-state index >= 15 is 0 Å². The number of rotatable bonds is 10. The van der Waals surface area contributed by atoms with Crippen molar-refractivity contribution >= 4 is 11.6 Å². The Kier molecular flexibility index (Phi) is 8.30. The maximum Gasteiger partial charge on any atom is 0.333 e. The molecule has 8 nitrogen and oxygen atoms in total. The Labute approximate surface area is 203 Å². The number of aromatic nitrogens is 2. The Bertz CT molecular complexity index is 1260. The molecule has 3 rings (SSSR count). The second-order valence-corrected chi connectivity index (χ2v) is 8.26. The van der Waals surface area contributed by atoms with Gasteiger partial charge in [-0.2, -0.15) is 13.9 Å². The molecule has 1 heterocycles. The molecule has 2 N–H and O–H groups in total. The minimum absolute atomic E-state index is 0.0220. The van der Waals surface area contributed by atoms with Crippen LogP contribution in [0.15, 0.2) is 59.5 Å². The molecule has 0 bridgehead atoms. The summed E-state index contributed by atoms with van der Waals surface area (Å²) in [5, 5.41) is 15.8. The minimum Gasteiger partial charge on any atom is -0.491 e. The fourth-order valence-electron chi connectivity index (χ4n) is 2.98. The number of hydrogen-bond acceptors (Lipinski definition) is 6. The van der Waals surface area contributed by atoms with E-state index in [2.05, 4.69) is 10.4 Å². The number of halogens is 4. The van der Waals surface area contributed by atoms with E-state index in [1.807, 2.05) is 0 Å². The van der Waals surface area contributed by atoms with E-state index in [4.69, 9.17) is 9.47 Å². The number of hydrogen-bond donors (Lipinski definition) is 2. The van der Waals surface area contributed by atoms with Crippen LogP contribution in [0.2, 0.25) is 0 Å². The van der Waals surface area contributed by atoms with Crippen molar-refractivity contribution in [3.63, 3.8) is 0 Å². The highest BCUT2D eigenvalue weighted by atomic mass is 19.3. The van der Waals surface area contributed by atoms with Gasteiger partial charge in [-0.15, -0.1) is 0 Å². The van der Waals surface area contributed by atoms with Gasteiger partial charge in [-0.3, -0.25) is 9.59 Å². The van der Waals surface area contributed by atoms with Gasteiger partial charge in [0.05, 0.1) is 5.60 Å². The number of amides is 1. The average molecular weight is 509 g/mol. The summed E-state index contributed by atoms with van der Waals surface area (Å²) in [5.74, 6) is -0.765. The van der Waals surface area contributed by atoms with Crippen LogP contribution in [0.3, 0.4) is 0 Å². The van der Waals surface area contributed by atoms with Crippen LogP contribution < -0.4 is 20.2 Å². The molecule has 0 radical (unpaired) electrons. The van der Waals surface area contributed by atoms with E-state index in [1.165, 1.54) is 48.5 Å². The molecule has 12 heteroatoms.